The number of piperidine rings is 1. The first-order valence-electron chi connectivity index (χ1n) is 6.35. The van der Waals surface area contributed by atoms with Gasteiger partial charge in [-0.05, 0) is 30.7 Å². The van der Waals surface area contributed by atoms with Gasteiger partial charge in [0, 0.05) is 29.1 Å². The van der Waals surface area contributed by atoms with Gasteiger partial charge in [0.25, 0.3) is 5.91 Å². The van der Waals surface area contributed by atoms with Crippen LogP contribution >= 0.6 is 0 Å². The fourth-order valence-electron chi connectivity index (χ4n) is 2.27. The highest BCUT2D eigenvalue weighted by atomic mass is 16.2. The molecule has 1 aromatic carbocycles. The van der Waals surface area contributed by atoms with Gasteiger partial charge in [-0.2, -0.15) is 0 Å². The third kappa shape index (κ3) is 2.27. The number of imide groups is 1. The van der Waals surface area contributed by atoms with E-state index in [1.165, 1.54) is 0 Å². The monoisotopic (exact) mass is 271 g/mol. The Balaban J connectivity index is 1.75. The number of fused-ring (bicyclic) bond motifs is 1. The van der Waals surface area contributed by atoms with Crippen molar-refractivity contribution in [2.24, 2.45) is 0 Å². The van der Waals surface area contributed by atoms with Crippen molar-refractivity contribution in [2.75, 3.05) is 0 Å². The van der Waals surface area contributed by atoms with Gasteiger partial charge in [-0.3, -0.25) is 19.7 Å². The molecule has 0 radical (unpaired) electrons. The molecule has 6 heteroatoms. The summed E-state index contributed by atoms with van der Waals surface area (Å²) in [6, 6.07) is 6.49. The second-order valence-electron chi connectivity index (χ2n) is 4.76. The fraction of sp³-hybridized carbons (Fsp3) is 0.214. The van der Waals surface area contributed by atoms with Gasteiger partial charge in [0.05, 0.1) is 0 Å². The van der Waals surface area contributed by atoms with Crippen LogP contribution in [0.5, 0.6) is 0 Å². The number of amides is 3. The van der Waals surface area contributed by atoms with Crippen molar-refractivity contribution in [2.45, 2.75) is 18.9 Å². The molecule has 1 unspecified atom stereocenters. The van der Waals surface area contributed by atoms with Crippen LogP contribution in [0.3, 0.4) is 0 Å². The molecule has 6 nitrogen and oxygen atoms in total. The minimum atomic E-state index is -0.651. The average molecular weight is 271 g/mol. The summed E-state index contributed by atoms with van der Waals surface area (Å²) in [7, 11) is 0. The lowest BCUT2D eigenvalue weighted by Gasteiger charge is -2.21. The Morgan fingerprint density at radius 1 is 1.25 bits per heavy atom. The normalized spacial score (nSPS) is 18.9. The second-order valence-corrected chi connectivity index (χ2v) is 4.76. The summed E-state index contributed by atoms with van der Waals surface area (Å²) in [5, 5.41) is 5.79. The highest BCUT2D eigenvalue weighted by molar-refractivity contribution is 6.04. The summed E-state index contributed by atoms with van der Waals surface area (Å²) in [6.45, 7) is 0. The van der Waals surface area contributed by atoms with Crippen molar-refractivity contribution in [1.82, 2.24) is 15.6 Å². The van der Waals surface area contributed by atoms with Crippen molar-refractivity contribution in [3.63, 3.8) is 0 Å². The molecule has 1 aliphatic heterocycles. The van der Waals surface area contributed by atoms with Crippen molar-refractivity contribution in [3.05, 3.63) is 36.0 Å². The molecule has 0 bridgehead atoms. The second kappa shape index (κ2) is 4.80. The average Bonchev–Trinajstić information content (AvgIpc) is 2.89. The first-order chi connectivity index (χ1) is 9.63. The number of H-pyrrole nitrogens is 1. The molecule has 1 saturated heterocycles. The Hall–Kier alpha value is -2.63. The van der Waals surface area contributed by atoms with E-state index in [4.69, 9.17) is 0 Å². The number of hydrogen-bond acceptors (Lipinski definition) is 3. The van der Waals surface area contributed by atoms with E-state index in [0.29, 0.717) is 12.0 Å². The van der Waals surface area contributed by atoms with E-state index < -0.39 is 11.9 Å². The zero-order chi connectivity index (χ0) is 14.1. The van der Waals surface area contributed by atoms with Gasteiger partial charge in [-0.15, -0.1) is 0 Å². The van der Waals surface area contributed by atoms with E-state index in [1.807, 2.05) is 12.1 Å². The Labute approximate surface area is 114 Å². The third-order valence-electron chi connectivity index (χ3n) is 3.36. The van der Waals surface area contributed by atoms with Crippen molar-refractivity contribution < 1.29 is 14.4 Å². The summed E-state index contributed by atoms with van der Waals surface area (Å²) in [5.41, 5.74) is 1.43. The molecule has 0 spiro atoms. The molecule has 1 aromatic heterocycles. The smallest absolute Gasteiger partial charge is 0.251 e. The molecule has 2 heterocycles. The van der Waals surface area contributed by atoms with Crippen molar-refractivity contribution in [1.29, 1.82) is 0 Å². The minimum absolute atomic E-state index is 0.244. The summed E-state index contributed by atoms with van der Waals surface area (Å²) in [5.74, 6) is -1.06. The Morgan fingerprint density at radius 3 is 2.90 bits per heavy atom. The van der Waals surface area contributed by atoms with Gasteiger partial charge in [-0.1, -0.05) is 0 Å². The molecule has 2 aromatic rings. The summed E-state index contributed by atoms with van der Waals surface area (Å²) in [4.78, 5) is 37.8. The zero-order valence-electron chi connectivity index (χ0n) is 10.6. The molecule has 0 aliphatic carbocycles. The SMILES string of the molecule is O=C1CCC(NC(=O)c2ccc3[nH]ccc3c2)C(=O)N1. The maximum atomic E-state index is 12.1. The van der Waals surface area contributed by atoms with Gasteiger partial charge < -0.3 is 10.3 Å². The summed E-state index contributed by atoms with van der Waals surface area (Å²) < 4.78 is 0. The molecular formula is C14H13N3O3. The molecule has 1 fully saturated rings. The lowest BCUT2D eigenvalue weighted by atomic mass is 10.1. The van der Waals surface area contributed by atoms with Gasteiger partial charge in [0.2, 0.25) is 11.8 Å². The topological polar surface area (TPSA) is 91.1 Å². The van der Waals surface area contributed by atoms with Crippen molar-refractivity contribution >= 4 is 28.6 Å². The van der Waals surface area contributed by atoms with Crippen molar-refractivity contribution in [3.8, 4) is 0 Å². The lowest BCUT2D eigenvalue weighted by molar-refractivity contribution is -0.134. The van der Waals surface area contributed by atoms with Crippen LogP contribution in [0.2, 0.25) is 0 Å². The number of rotatable bonds is 2. The molecule has 20 heavy (non-hydrogen) atoms. The van der Waals surface area contributed by atoms with E-state index >= 15 is 0 Å². The Morgan fingerprint density at radius 2 is 2.10 bits per heavy atom. The highest BCUT2D eigenvalue weighted by Gasteiger charge is 2.28. The maximum absolute atomic E-state index is 12.1. The number of aromatic amines is 1. The minimum Gasteiger partial charge on any atom is -0.361 e. The van der Waals surface area contributed by atoms with Crippen LogP contribution in [0.25, 0.3) is 10.9 Å². The molecule has 3 rings (SSSR count). The van der Waals surface area contributed by atoms with Gasteiger partial charge in [-0.25, -0.2) is 0 Å². The number of nitrogens with one attached hydrogen (secondary N) is 3. The van der Waals surface area contributed by atoms with Gasteiger partial charge in [0.1, 0.15) is 6.04 Å². The number of carbonyl (C=O) groups is 3. The molecule has 0 saturated carbocycles. The largest absolute Gasteiger partial charge is 0.361 e. The predicted octanol–water partition coefficient (Wildman–Crippen LogP) is 0.703. The summed E-state index contributed by atoms with van der Waals surface area (Å²) >= 11 is 0. The molecule has 1 atom stereocenters. The number of aromatic nitrogens is 1. The van der Waals surface area contributed by atoms with Crippen LogP contribution in [-0.4, -0.2) is 28.7 Å². The first-order valence-corrected chi connectivity index (χ1v) is 6.35. The number of benzene rings is 1. The molecule has 3 amide bonds. The molecule has 1 aliphatic rings. The van der Waals surface area contributed by atoms with Crippen LogP contribution in [0.4, 0.5) is 0 Å². The Bertz CT molecular complexity index is 705. The maximum Gasteiger partial charge on any atom is 0.251 e. The lowest BCUT2D eigenvalue weighted by Crippen LogP contribution is -2.52. The van der Waals surface area contributed by atoms with Gasteiger partial charge >= 0.3 is 0 Å². The van der Waals surface area contributed by atoms with E-state index in [0.717, 1.165) is 10.9 Å². The first kappa shape index (κ1) is 12.4. The van der Waals surface area contributed by atoms with Crippen LogP contribution in [0.15, 0.2) is 30.5 Å². The number of carbonyl (C=O) groups excluding carboxylic acids is 3. The zero-order valence-corrected chi connectivity index (χ0v) is 10.6. The summed E-state index contributed by atoms with van der Waals surface area (Å²) in [6.07, 6.45) is 2.38. The predicted molar refractivity (Wildman–Crippen MR) is 71.9 cm³/mol. The van der Waals surface area contributed by atoms with E-state index in [9.17, 15) is 14.4 Å². The quantitative estimate of drug-likeness (QED) is 0.702. The van der Waals surface area contributed by atoms with Gasteiger partial charge in [0.15, 0.2) is 0 Å². The molecular weight excluding hydrogens is 258 g/mol. The molecule has 102 valence electrons. The van der Waals surface area contributed by atoms with E-state index in [2.05, 4.69) is 15.6 Å². The van der Waals surface area contributed by atoms with Crippen LogP contribution in [0, 0.1) is 0 Å². The van der Waals surface area contributed by atoms with E-state index in [-0.39, 0.29) is 18.2 Å². The molecule has 3 N–H and O–H groups in total. The standard InChI is InChI=1S/C14H13N3O3/c18-12-4-3-11(14(20)17-12)16-13(19)9-1-2-10-8(7-9)5-6-15-10/h1-2,5-7,11,15H,3-4H2,(H,16,19)(H,17,18,20). The third-order valence-corrected chi connectivity index (χ3v) is 3.36. The highest BCUT2D eigenvalue weighted by Crippen LogP contribution is 2.15. The van der Waals surface area contributed by atoms with Crippen LogP contribution < -0.4 is 10.6 Å². The fourth-order valence-corrected chi connectivity index (χ4v) is 2.27. The Kier molecular flexibility index (Phi) is 2.98. The van der Waals surface area contributed by atoms with Crippen LogP contribution in [0.1, 0.15) is 23.2 Å². The number of hydrogen-bond donors (Lipinski definition) is 3. The van der Waals surface area contributed by atoms with Crippen LogP contribution in [-0.2, 0) is 9.59 Å². The van der Waals surface area contributed by atoms with E-state index in [1.54, 1.807) is 18.3 Å².